The number of hydrogen-bond donors (Lipinski definition) is 2. The maximum absolute atomic E-state index is 13.4. The lowest BCUT2D eigenvalue weighted by Gasteiger charge is -2.08. The number of rotatable bonds is 7. The van der Waals surface area contributed by atoms with E-state index in [1.165, 1.54) is 12.1 Å². The van der Waals surface area contributed by atoms with Crippen LogP contribution in [0.3, 0.4) is 0 Å². The highest BCUT2D eigenvalue weighted by molar-refractivity contribution is 7.99. The van der Waals surface area contributed by atoms with E-state index in [0.29, 0.717) is 32.4 Å². The highest BCUT2D eigenvalue weighted by atomic mass is 35.5. The number of nitrogens with one attached hydrogen (secondary N) is 2. The van der Waals surface area contributed by atoms with E-state index in [1.54, 1.807) is 42.8 Å². The predicted octanol–water partition coefficient (Wildman–Crippen LogP) is 4.48. The molecule has 0 unspecified atom stereocenters. The lowest BCUT2D eigenvalue weighted by Crippen LogP contribution is -2.17. The molecule has 31 heavy (non-hydrogen) atoms. The number of aromatic nitrogens is 3. The molecule has 0 fully saturated rings. The number of benzene rings is 2. The minimum atomic E-state index is -0.425. The van der Waals surface area contributed by atoms with E-state index >= 15 is 0 Å². The predicted molar refractivity (Wildman–Crippen MR) is 120 cm³/mol. The second-order valence-electron chi connectivity index (χ2n) is 6.61. The molecule has 0 aliphatic carbocycles. The molecule has 0 bridgehead atoms. The summed E-state index contributed by atoms with van der Waals surface area (Å²) in [4.78, 5) is 24.5. The minimum Gasteiger partial charge on any atom is -0.326 e. The first-order chi connectivity index (χ1) is 14.7. The van der Waals surface area contributed by atoms with Gasteiger partial charge in [0.1, 0.15) is 11.6 Å². The molecule has 2 aromatic carbocycles. The van der Waals surface area contributed by atoms with Crippen LogP contribution >= 0.6 is 35.0 Å². The lowest BCUT2D eigenvalue weighted by atomic mass is 10.2. The van der Waals surface area contributed by atoms with Crippen LogP contribution in [0.1, 0.15) is 11.4 Å². The zero-order valence-electron chi connectivity index (χ0n) is 16.6. The number of hydrogen-bond acceptors (Lipinski definition) is 5. The van der Waals surface area contributed by atoms with Crippen molar-refractivity contribution in [2.24, 2.45) is 7.05 Å². The van der Waals surface area contributed by atoms with Gasteiger partial charge in [0.15, 0.2) is 5.16 Å². The van der Waals surface area contributed by atoms with Crippen molar-refractivity contribution in [2.75, 3.05) is 16.4 Å². The largest absolute Gasteiger partial charge is 0.326 e. The number of nitrogens with zero attached hydrogens (tertiary/aromatic N) is 3. The topological polar surface area (TPSA) is 88.9 Å². The Bertz CT molecular complexity index is 1140. The Balaban J connectivity index is 1.55. The Labute approximate surface area is 192 Å². The Kier molecular flexibility index (Phi) is 7.53. The van der Waals surface area contributed by atoms with Crippen LogP contribution in [0.15, 0.2) is 41.6 Å². The van der Waals surface area contributed by atoms with Crippen LogP contribution in [0.2, 0.25) is 10.0 Å². The summed E-state index contributed by atoms with van der Waals surface area (Å²) < 4.78 is 15.0. The second-order valence-corrected chi connectivity index (χ2v) is 8.36. The fourth-order valence-electron chi connectivity index (χ4n) is 2.59. The van der Waals surface area contributed by atoms with Crippen LogP contribution in [0.4, 0.5) is 15.8 Å². The number of halogens is 3. The molecule has 0 spiro atoms. The standard InChI is InChI=1S/C20H18Cl2FN5O2S/c1-11-3-4-12(23)7-16(11)25-19(30)10-31-20-27-26-17(28(20)2)9-18(29)24-13-5-6-14(21)15(22)8-13/h3-8H,9-10H2,1-2H3,(H,24,29)(H,25,30). The number of thioether (sulfide) groups is 1. The average molecular weight is 482 g/mol. The molecule has 0 saturated carbocycles. The number of anilines is 2. The third-order valence-corrected chi connectivity index (χ3v) is 6.01. The van der Waals surface area contributed by atoms with Crippen LogP contribution in [-0.4, -0.2) is 32.3 Å². The summed E-state index contributed by atoms with van der Waals surface area (Å²) in [5, 5.41) is 14.6. The Morgan fingerprint density at radius 1 is 1.06 bits per heavy atom. The summed E-state index contributed by atoms with van der Waals surface area (Å²) in [7, 11) is 1.71. The van der Waals surface area contributed by atoms with Gasteiger partial charge >= 0.3 is 0 Å². The maximum atomic E-state index is 13.4. The van der Waals surface area contributed by atoms with E-state index in [4.69, 9.17) is 23.2 Å². The second kappa shape index (κ2) is 10.1. The molecule has 0 aliphatic rings. The minimum absolute atomic E-state index is 0.0149. The van der Waals surface area contributed by atoms with Gasteiger partial charge in [-0.1, -0.05) is 41.0 Å². The van der Waals surface area contributed by atoms with Gasteiger partial charge in [0, 0.05) is 18.4 Å². The molecular weight excluding hydrogens is 464 g/mol. The van der Waals surface area contributed by atoms with E-state index < -0.39 is 5.82 Å². The van der Waals surface area contributed by atoms with Crippen molar-refractivity contribution in [3.63, 3.8) is 0 Å². The van der Waals surface area contributed by atoms with E-state index in [1.807, 2.05) is 0 Å². The molecule has 0 saturated heterocycles. The molecular formula is C20H18Cl2FN5O2S. The molecule has 1 heterocycles. The quantitative estimate of drug-likeness (QED) is 0.485. The first kappa shape index (κ1) is 23.1. The number of amides is 2. The van der Waals surface area contributed by atoms with Gasteiger partial charge in [-0.3, -0.25) is 9.59 Å². The summed E-state index contributed by atoms with van der Waals surface area (Å²) >= 11 is 13.0. The van der Waals surface area contributed by atoms with E-state index in [0.717, 1.165) is 17.3 Å². The van der Waals surface area contributed by atoms with E-state index in [9.17, 15) is 14.0 Å². The van der Waals surface area contributed by atoms with Crippen molar-refractivity contribution < 1.29 is 14.0 Å². The molecule has 2 amide bonds. The molecule has 3 aromatic rings. The van der Waals surface area contributed by atoms with Crippen LogP contribution in [-0.2, 0) is 23.1 Å². The molecule has 1 aromatic heterocycles. The van der Waals surface area contributed by atoms with Gasteiger partial charge in [0.2, 0.25) is 11.8 Å². The van der Waals surface area contributed by atoms with E-state index in [-0.39, 0.29) is 24.0 Å². The van der Waals surface area contributed by atoms with Gasteiger partial charge in [0.05, 0.1) is 22.2 Å². The van der Waals surface area contributed by atoms with Crippen molar-refractivity contribution >= 4 is 58.2 Å². The third-order valence-electron chi connectivity index (χ3n) is 4.25. The fourth-order valence-corrected chi connectivity index (χ4v) is 3.62. The van der Waals surface area contributed by atoms with E-state index in [2.05, 4.69) is 20.8 Å². The van der Waals surface area contributed by atoms with Crippen molar-refractivity contribution in [1.82, 2.24) is 14.8 Å². The molecule has 0 aliphatic heterocycles. The van der Waals surface area contributed by atoms with Crippen LogP contribution in [0.5, 0.6) is 0 Å². The summed E-state index contributed by atoms with van der Waals surface area (Å²) in [5.74, 6) is -0.547. The maximum Gasteiger partial charge on any atom is 0.234 e. The third kappa shape index (κ3) is 6.19. The number of carbonyl (C=O) groups excluding carboxylic acids is 2. The monoisotopic (exact) mass is 481 g/mol. The molecule has 7 nitrogen and oxygen atoms in total. The first-order valence-electron chi connectivity index (χ1n) is 9.05. The van der Waals surface area contributed by atoms with Crippen molar-refractivity contribution in [1.29, 1.82) is 0 Å². The Morgan fingerprint density at radius 3 is 2.58 bits per heavy atom. The SMILES string of the molecule is Cc1ccc(F)cc1NC(=O)CSc1nnc(CC(=O)Nc2ccc(Cl)c(Cl)c2)n1C. The van der Waals surface area contributed by atoms with Gasteiger partial charge in [0.25, 0.3) is 0 Å². The van der Waals surface area contributed by atoms with Crippen molar-refractivity contribution in [3.05, 3.63) is 63.6 Å². The first-order valence-corrected chi connectivity index (χ1v) is 10.8. The zero-order chi connectivity index (χ0) is 22.5. The highest BCUT2D eigenvalue weighted by Gasteiger charge is 2.15. The van der Waals surface area contributed by atoms with Gasteiger partial charge in [-0.05, 0) is 42.8 Å². The highest BCUT2D eigenvalue weighted by Crippen LogP contribution is 2.25. The van der Waals surface area contributed by atoms with Crippen molar-refractivity contribution in [3.8, 4) is 0 Å². The molecule has 11 heteroatoms. The molecule has 0 atom stereocenters. The molecule has 2 N–H and O–H groups in total. The Morgan fingerprint density at radius 2 is 1.84 bits per heavy atom. The molecule has 0 radical (unpaired) electrons. The van der Waals surface area contributed by atoms with Crippen LogP contribution in [0.25, 0.3) is 0 Å². The normalized spacial score (nSPS) is 10.7. The Hall–Kier alpha value is -2.62. The lowest BCUT2D eigenvalue weighted by molar-refractivity contribution is -0.116. The van der Waals surface area contributed by atoms with Gasteiger partial charge < -0.3 is 15.2 Å². The average Bonchev–Trinajstić information content (AvgIpc) is 3.05. The smallest absolute Gasteiger partial charge is 0.234 e. The molecule has 162 valence electrons. The molecule has 3 rings (SSSR count). The van der Waals surface area contributed by atoms with Gasteiger partial charge in [-0.25, -0.2) is 4.39 Å². The van der Waals surface area contributed by atoms with Crippen LogP contribution < -0.4 is 10.6 Å². The van der Waals surface area contributed by atoms with Gasteiger partial charge in [-0.15, -0.1) is 10.2 Å². The summed E-state index contributed by atoms with van der Waals surface area (Å²) in [5.41, 5.74) is 1.69. The van der Waals surface area contributed by atoms with Gasteiger partial charge in [-0.2, -0.15) is 0 Å². The summed E-state index contributed by atoms with van der Waals surface area (Å²) in [6.07, 6.45) is -0.0149. The van der Waals surface area contributed by atoms with Crippen molar-refractivity contribution in [2.45, 2.75) is 18.5 Å². The summed E-state index contributed by atoms with van der Waals surface area (Å²) in [6, 6.07) is 8.98. The summed E-state index contributed by atoms with van der Waals surface area (Å²) in [6.45, 7) is 1.78. The number of aryl methyl sites for hydroxylation is 1. The fraction of sp³-hybridized carbons (Fsp3) is 0.200. The van der Waals surface area contributed by atoms with Crippen LogP contribution in [0, 0.1) is 12.7 Å². The number of carbonyl (C=O) groups is 2. The zero-order valence-corrected chi connectivity index (χ0v) is 18.9.